The second kappa shape index (κ2) is 5.39. The quantitative estimate of drug-likeness (QED) is 0.600. The number of aliphatic hydroxyl groups is 1. The Morgan fingerprint density at radius 3 is 2.00 bits per heavy atom. The largest absolute Gasteiger partial charge is 0.379 e. The molecule has 106 valence electrons. The predicted octanol–water partition coefficient (Wildman–Crippen LogP) is 1.75. The smallest absolute Gasteiger partial charge is 0.186 e. The molecular formula is C15H23NO3. The molecule has 0 radical (unpaired) electrons. The summed E-state index contributed by atoms with van der Waals surface area (Å²) in [6, 6.07) is 0. The van der Waals surface area contributed by atoms with Crippen LogP contribution in [0, 0.1) is 5.41 Å². The Morgan fingerprint density at radius 1 is 1.05 bits per heavy atom. The number of nitrogens with one attached hydrogen (secondary N) is 1. The van der Waals surface area contributed by atoms with E-state index in [1.54, 1.807) is 27.8 Å². The molecule has 0 fully saturated rings. The van der Waals surface area contributed by atoms with Gasteiger partial charge in [0.15, 0.2) is 11.6 Å². The van der Waals surface area contributed by atoms with Crippen LogP contribution in [0.15, 0.2) is 22.3 Å². The highest BCUT2D eigenvalue weighted by atomic mass is 16.3. The van der Waals surface area contributed by atoms with E-state index < -0.39 is 11.6 Å². The SMILES string of the molecule is CNC(O)CC(C)(C)C1=C(C)C(=O)C(C)=C(C)C1=O. The molecule has 0 aliphatic heterocycles. The normalized spacial score (nSPS) is 19.3. The van der Waals surface area contributed by atoms with Crippen LogP contribution < -0.4 is 5.32 Å². The Balaban J connectivity index is 3.25. The van der Waals surface area contributed by atoms with Gasteiger partial charge < -0.3 is 5.11 Å². The highest BCUT2D eigenvalue weighted by molar-refractivity contribution is 6.25. The van der Waals surface area contributed by atoms with Gasteiger partial charge in [-0.05, 0) is 39.7 Å². The van der Waals surface area contributed by atoms with Crippen LogP contribution >= 0.6 is 0 Å². The summed E-state index contributed by atoms with van der Waals surface area (Å²) in [5.41, 5.74) is 1.51. The maximum absolute atomic E-state index is 12.4. The lowest BCUT2D eigenvalue weighted by atomic mass is 9.71. The van der Waals surface area contributed by atoms with Crippen LogP contribution in [0.2, 0.25) is 0 Å². The topological polar surface area (TPSA) is 66.4 Å². The van der Waals surface area contributed by atoms with Gasteiger partial charge >= 0.3 is 0 Å². The molecule has 0 saturated carbocycles. The first-order valence-corrected chi connectivity index (χ1v) is 6.47. The molecule has 2 N–H and O–H groups in total. The van der Waals surface area contributed by atoms with Gasteiger partial charge in [-0.1, -0.05) is 13.8 Å². The van der Waals surface area contributed by atoms with E-state index in [9.17, 15) is 14.7 Å². The first-order chi connectivity index (χ1) is 8.63. The summed E-state index contributed by atoms with van der Waals surface area (Å²) in [6.07, 6.45) is -0.327. The van der Waals surface area contributed by atoms with Crippen molar-refractivity contribution in [1.82, 2.24) is 5.32 Å². The Hall–Kier alpha value is -1.26. The molecule has 0 heterocycles. The number of aliphatic hydroxyl groups excluding tert-OH is 1. The van der Waals surface area contributed by atoms with Crippen LogP contribution in [-0.4, -0.2) is 29.9 Å². The minimum absolute atomic E-state index is 0.0703. The Kier molecular flexibility index (Phi) is 4.48. The van der Waals surface area contributed by atoms with E-state index >= 15 is 0 Å². The second-order valence-corrected chi connectivity index (χ2v) is 5.80. The van der Waals surface area contributed by atoms with Crippen molar-refractivity contribution in [2.75, 3.05) is 7.05 Å². The number of hydrogen-bond acceptors (Lipinski definition) is 4. The molecule has 0 aromatic heterocycles. The van der Waals surface area contributed by atoms with Crippen molar-refractivity contribution in [3.8, 4) is 0 Å². The van der Waals surface area contributed by atoms with Crippen molar-refractivity contribution < 1.29 is 14.7 Å². The van der Waals surface area contributed by atoms with Crippen molar-refractivity contribution in [1.29, 1.82) is 0 Å². The first kappa shape index (κ1) is 15.8. The zero-order chi connectivity index (χ0) is 15.0. The molecule has 19 heavy (non-hydrogen) atoms. The minimum atomic E-state index is -0.703. The fraction of sp³-hybridized carbons (Fsp3) is 0.600. The number of rotatable bonds is 4. The Labute approximate surface area is 114 Å². The lowest BCUT2D eigenvalue weighted by Gasteiger charge is -2.33. The molecule has 0 aromatic rings. The van der Waals surface area contributed by atoms with E-state index in [1.807, 2.05) is 13.8 Å². The third-order valence-electron chi connectivity index (χ3n) is 3.90. The summed E-state index contributed by atoms with van der Waals surface area (Å²) in [4.78, 5) is 24.6. The Bertz CT molecular complexity index is 484. The van der Waals surface area contributed by atoms with Gasteiger partial charge in [-0.15, -0.1) is 0 Å². The first-order valence-electron chi connectivity index (χ1n) is 6.47. The lowest BCUT2D eigenvalue weighted by molar-refractivity contribution is -0.117. The number of ketones is 2. The van der Waals surface area contributed by atoms with Gasteiger partial charge in [0.05, 0.1) is 0 Å². The van der Waals surface area contributed by atoms with E-state index in [-0.39, 0.29) is 11.6 Å². The summed E-state index contributed by atoms with van der Waals surface area (Å²) in [7, 11) is 1.66. The van der Waals surface area contributed by atoms with Gasteiger partial charge in [-0.3, -0.25) is 14.9 Å². The maximum Gasteiger partial charge on any atom is 0.186 e. The van der Waals surface area contributed by atoms with Gasteiger partial charge in [0.25, 0.3) is 0 Å². The molecule has 0 aromatic carbocycles. The van der Waals surface area contributed by atoms with E-state index in [2.05, 4.69) is 5.32 Å². The fourth-order valence-corrected chi connectivity index (χ4v) is 2.60. The number of carbonyl (C=O) groups is 2. The average Bonchev–Trinajstić information content (AvgIpc) is 2.33. The number of carbonyl (C=O) groups excluding carboxylic acids is 2. The van der Waals surface area contributed by atoms with Gasteiger partial charge in [-0.25, -0.2) is 0 Å². The van der Waals surface area contributed by atoms with E-state index in [0.717, 1.165) is 0 Å². The standard InChI is InChI=1S/C15H23NO3/c1-8-9(2)14(19)12(10(3)13(8)18)15(4,5)7-11(17)16-6/h11,16-17H,7H2,1-6H3. The highest BCUT2D eigenvalue weighted by Gasteiger charge is 2.37. The molecule has 1 aliphatic rings. The van der Waals surface area contributed by atoms with Crippen molar-refractivity contribution in [2.24, 2.45) is 5.41 Å². The van der Waals surface area contributed by atoms with Gasteiger partial charge in [0, 0.05) is 22.3 Å². The van der Waals surface area contributed by atoms with Crippen LogP contribution in [0.4, 0.5) is 0 Å². The number of hydrogen-bond donors (Lipinski definition) is 2. The third kappa shape index (κ3) is 2.85. The zero-order valence-electron chi connectivity index (χ0n) is 12.5. The maximum atomic E-state index is 12.4. The Morgan fingerprint density at radius 2 is 1.53 bits per heavy atom. The third-order valence-corrected chi connectivity index (χ3v) is 3.90. The van der Waals surface area contributed by atoms with Crippen molar-refractivity contribution >= 4 is 11.6 Å². The molecule has 1 rings (SSSR count). The molecular weight excluding hydrogens is 242 g/mol. The van der Waals surface area contributed by atoms with Crippen molar-refractivity contribution in [2.45, 2.75) is 47.3 Å². The molecule has 4 heteroatoms. The second-order valence-electron chi connectivity index (χ2n) is 5.80. The van der Waals surface area contributed by atoms with Gasteiger partial charge in [0.2, 0.25) is 0 Å². The molecule has 0 bridgehead atoms. The summed E-state index contributed by atoms with van der Waals surface area (Å²) in [5, 5.41) is 12.5. The molecule has 0 saturated heterocycles. The number of Topliss-reactive ketones (excluding diaryl/α,β-unsaturated/α-hetero) is 2. The number of allylic oxidation sites excluding steroid dienone is 4. The average molecular weight is 265 g/mol. The van der Waals surface area contributed by atoms with Crippen LogP contribution in [0.5, 0.6) is 0 Å². The summed E-state index contributed by atoms with van der Waals surface area (Å²) < 4.78 is 0. The summed E-state index contributed by atoms with van der Waals surface area (Å²) >= 11 is 0. The van der Waals surface area contributed by atoms with E-state index in [1.165, 1.54) is 0 Å². The molecule has 1 atom stereocenters. The molecule has 0 amide bonds. The minimum Gasteiger partial charge on any atom is -0.379 e. The van der Waals surface area contributed by atoms with Crippen molar-refractivity contribution in [3.63, 3.8) is 0 Å². The monoisotopic (exact) mass is 265 g/mol. The molecule has 1 unspecified atom stereocenters. The van der Waals surface area contributed by atoms with Crippen LogP contribution in [0.1, 0.15) is 41.0 Å². The van der Waals surface area contributed by atoms with Crippen LogP contribution in [-0.2, 0) is 9.59 Å². The van der Waals surface area contributed by atoms with Crippen LogP contribution in [0.25, 0.3) is 0 Å². The predicted molar refractivity (Wildman–Crippen MR) is 74.6 cm³/mol. The zero-order valence-corrected chi connectivity index (χ0v) is 12.5. The van der Waals surface area contributed by atoms with E-state index in [0.29, 0.717) is 28.7 Å². The summed E-state index contributed by atoms with van der Waals surface area (Å²) in [5.74, 6) is -0.151. The molecule has 1 aliphatic carbocycles. The fourth-order valence-electron chi connectivity index (χ4n) is 2.60. The van der Waals surface area contributed by atoms with Gasteiger partial charge in [0.1, 0.15) is 6.23 Å². The lowest BCUT2D eigenvalue weighted by Crippen LogP contribution is -2.36. The van der Waals surface area contributed by atoms with Crippen LogP contribution in [0.3, 0.4) is 0 Å². The van der Waals surface area contributed by atoms with Crippen molar-refractivity contribution in [3.05, 3.63) is 22.3 Å². The van der Waals surface area contributed by atoms with Gasteiger partial charge in [-0.2, -0.15) is 0 Å². The van der Waals surface area contributed by atoms with E-state index in [4.69, 9.17) is 0 Å². The summed E-state index contributed by atoms with van der Waals surface area (Å²) in [6.45, 7) is 8.83. The molecule has 4 nitrogen and oxygen atoms in total. The molecule has 0 spiro atoms. The highest BCUT2D eigenvalue weighted by Crippen LogP contribution is 2.39.